The van der Waals surface area contributed by atoms with Gasteiger partial charge >= 0.3 is 0 Å². The van der Waals surface area contributed by atoms with Gasteiger partial charge < -0.3 is 9.30 Å². The number of hydrogen-bond donors (Lipinski definition) is 0. The molecule has 2 heteroatoms. The van der Waals surface area contributed by atoms with Crippen LogP contribution in [0.1, 0.15) is 46.9 Å². The molecule has 2 aromatic rings. The minimum absolute atomic E-state index is 0.710. The van der Waals surface area contributed by atoms with Gasteiger partial charge in [-0.25, -0.2) is 0 Å². The van der Waals surface area contributed by atoms with E-state index in [1.165, 1.54) is 44.4 Å². The van der Waals surface area contributed by atoms with E-state index in [-0.39, 0.29) is 0 Å². The van der Waals surface area contributed by atoms with Crippen LogP contribution in [0.4, 0.5) is 0 Å². The van der Waals surface area contributed by atoms with Crippen LogP contribution in [0, 0.1) is 34.6 Å². The van der Waals surface area contributed by atoms with Gasteiger partial charge in [-0.3, -0.25) is 0 Å². The average Bonchev–Trinajstić information content (AvgIpc) is 2.67. The third kappa shape index (κ3) is 2.16. The maximum absolute atomic E-state index is 5.78. The Kier molecular flexibility index (Phi) is 4.24. The summed E-state index contributed by atoms with van der Waals surface area (Å²) in [6, 6.07) is 0. The standard InChI is InChI=1S/C18H27NO/c1-8-9-20-10-16-15(6)17-13(4)11(2)12(3)14(5)18(17)19(16)7/h8-10H2,1-7H3. The minimum atomic E-state index is 0.710. The molecule has 2 nitrogen and oxygen atoms in total. The molecule has 0 aliphatic carbocycles. The molecule has 0 radical (unpaired) electrons. The molecule has 1 aromatic carbocycles. The second kappa shape index (κ2) is 5.61. The predicted molar refractivity (Wildman–Crippen MR) is 86.6 cm³/mol. The molecule has 0 N–H and O–H groups in total. The molecule has 0 amide bonds. The van der Waals surface area contributed by atoms with Crippen molar-refractivity contribution in [3.05, 3.63) is 33.5 Å². The molecule has 0 saturated heterocycles. The molecule has 0 bridgehead atoms. The van der Waals surface area contributed by atoms with E-state index < -0.39 is 0 Å². The SMILES string of the molecule is CCCOCc1c(C)c2c(C)c(C)c(C)c(C)c2n1C. The summed E-state index contributed by atoms with van der Waals surface area (Å²) in [5.74, 6) is 0. The van der Waals surface area contributed by atoms with Crippen LogP contribution in [-0.4, -0.2) is 11.2 Å². The second-order valence-corrected chi connectivity index (χ2v) is 5.91. The van der Waals surface area contributed by atoms with Crippen LogP contribution in [-0.2, 0) is 18.4 Å². The van der Waals surface area contributed by atoms with Crippen LogP contribution < -0.4 is 0 Å². The molecule has 2 rings (SSSR count). The van der Waals surface area contributed by atoms with Crippen LogP contribution >= 0.6 is 0 Å². The van der Waals surface area contributed by atoms with Gasteiger partial charge in [0.25, 0.3) is 0 Å². The summed E-state index contributed by atoms with van der Waals surface area (Å²) in [5.41, 5.74) is 9.71. The summed E-state index contributed by atoms with van der Waals surface area (Å²) in [5, 5.41) is 1.42. The minimum Gasteiger partial charge on any atom is -0.375 e. The van der Waals surface area contributed by atoms with E-state index in [2.05, 4.69) is 53.2 Å². The fourth-order valence-electron chi connectivity index (χ4n) is 3.22. The Morgan fingerprint density at radius 2 is 1.45 bits per heavy atom. The van der Waals surface area contributed by atoms with Crippen molar-refractivity contribution < 1.29 is 4.74 Å². The fraction of sp³-hybridized carbons (Fsp3) is 0.556. The maximum Gasteiger partial charge on any atom is 0.0870 e. The number of benzene rings is 1. The summed E-state index contributed by atoms with van der Waals surface area (Å²) >= 11 is 0. The smallest absolute Gasteiger partial charge is 0.0870 e. The molecule has 0 fully saturated rings. The Morgan fingerprint density at radius 1 is 0.850 bits per heavy atom. The monoisotopic (exact) mass is 273 g/mol. The van der Waals surface area contributed by atoms with Gasteiger partial charge in [-0.1, -0.05) is 6.92 Å². The Hall–Kier alpha value is -1.28. The van der Waals surface area contributed by atoms with Crippen molar-refractivity contribution in [1.29, 1.82) is 0 Å². The molecule has 0 aliphatic rings. The Bertz CT molecular complexity index is 599. The van der Waals surface area contributed by atoms with E-state index >= 15 is 0 Å². The van der Waals surface area contributed by atoms with E-state index in [0.717, 1.165) is 13.0 Å². The van der Waals surface area contributed by atoms with Gasteiger partial charge in [0.1, 0.15) is 0 Å². The van der Waals surface area contributed by atoms with Gasteiger partial charge in [0.2, 0.25) is 0 Å². The first-order valence-electron chi connectivity index (χ1n) is 7.53. The highest BCUT2D eigenvalue weighted by Crippen LogP contribution is 2.34. The van der Waals surface area contributed by atoms with Crippen molar-refractivity contribution in [2.24, 2.45) is 7.05 Å². The molecule has 1 heterocycles. The van der Waals surface area contributed by atoms with Crippen LogP contribution in [0.3, 0.4) is 0 Å². The van der Waals surface area contributed by atoms with Gasteiger partial charge in [0.05, 0.1) is 12.1 Å². The van der Waals surface area contributed by atoms with Crippen LogP contribution in [0.5, 0.6) is 0 Å². The maximum atomic E-state index is 5.78. The molecular weight excluding hydrogens is 246 g/mol. The Labute approximate surface area is 122 Å². The molecule has 0 unspecified atom stereocenters. The highest BCUT2D eigenvalue weighted by molar-refractivity contribution is 5.92. The summed E-state index contributed by atoms with van der Waals surface area (Å²) < 4.78 is 8.11. The molecule has 0 atom stereocenters. The zero-order valence-electron chi connectivity index (χ0n) is 14.0. The van der Waals surface area contributed by atoms with Crippen molar-refractivity contribution in [2.75, 3.05) is 6.61 Å². The lowest BCUT2D eigenvalue weighted by Crippen LogP contribution is -2.02. The number of hydrogen-bond acceptors (Lipinski definition) is 1. The van der Waals surface area contributed by atoms with E-state index in [1.54, 1.807) is 0 Å². The quantitative estimate of drug-likeness (QED) is 0.740. The van der Waals surface area contributed by atoms with Gasteiger partial charge in [0, 0.05) is 24.7 Å². The van der Waals surface area contributed by atoms with E-state index in [4.69, 9.17) is 4.74 Å². The topological polar surface area (TPSA) is 14.2 Å². The fourth-order valence-corrected chi connectivity index (χ4v) is 3.22. The highest BCUT2D eigenvalue weighted by atomic mass is 16.5. The van der Waals surface area contributed by atoms with Crippen molar-refractivity contribution in [1.82, 2.24) is 4.57 Å². The normalized spacial score (nSPS) is 11.6. The number of aryl methyl sites for hydroxylation is 4. The third-order valence-corrected chi connectivity index (χ3v) is 4.79. The number of aromatic nitrogens is 1. The van der Waals surface area contributed by atoms with Crippen LogP contribution in [0.15, 0.2) is 0 Å². The van der Waals surface area contributed by atoms with Crippen molar-refractivity contribution >= 4 is 10.9 Å². The number of rotatable bonds is 4. The van der Waals surface area contributed by atoms with Crippen LogP contribution in [0.2, 0.25) is 0 Å². The third-order valence-electron chi connectivity index (χ3n) is 4.79. The zero-order valence-corrected chi connectivity index (χ0v) is 14.0. The van der Waals surface area contributed by atoms with Gasteiger partial charge in [0.15, 0.2) is 0 Å². The van der Waals surface area contributed by atoms with Crippen LogP contribution in [0.25, 0.3) is 10.9 Å². The predicted octanol–water partition coefficient (Wildman–Crippen LogP) is 4.65. The molecule has 110 valence electrons. The average molecular weight is 273 g/mol. The van der Waals surface area contributed by atoms with Crippen molar-refractivity contribution in [3.8, 4) is 0 Å². The summed E-state index contributed by atoms with van der Waals surface area (Å²) in [6.07, 6.45) is 1.07. The van der Waals surface area contributed by atoms with Crippen molar-refractivity contribution in [2.45, 2.75) is 54.6 Å². The lowest BCUT2D eigenvalue weighted by atomic mass is 9.94. The molecule has 0 saturated carbocycles. The number of fused-ring (bicyclic) bond motifs is 1. The molecular formula is C18H27NO. The first kappa shape index (κ1) is 15.1. The second-order valence-electron chi connectivity index (χ2n) is 5.91. The summed E-state index contributed by atoms with van der Waals surface area (Å²) in [6.45, 7) is 14.9. The van der Waals surface area contributed by atoms with E-state index in [1.807, 2.05) is 0 Å². The number of ether oxygens (including phenoxy) is 1. The highest BCUT2D eigenvalue weighted by Gasteiger charge is 2.18. The Morgan fingerprint density at radius 3 is 2.05 bits per heavy atom. The first-order valence-corrected chi connectivity index (χ1v) is 7.53. The molecule has 1 aromatic heterocycles. The van der Waals surface area contributed by atoms with Gasteiger partial charge in [-0.05, 0) is 68.9 Å². The molecule has 0 aliphatic heterocycles. The largest absolute Gasteiger partial charge is 0.375 e. The van der Waals surface area contributed by atoms with E-state index in [0.29, 0.717) is 6.61 Å². The van der Waals surface area contributed by atoms with Crippen molar-refractivity contribution in [3.63, 3.8) is 0 Å². The Balaban J connectivity index is 2.69. The lowest BCUT2D eigenvalue weighted by Gasteiger charge is -2.13. The summed E-state index contributed by atoms with van der Waals surface area (Å²) in [7, 11) is 2.17. The molecule has 0 spiro atoms. The zero-order chi connectivity index (χ0) is 15.0. The first-order chi connectivity index (χ1) is 9.41. The van der Waals surface area contributed by atoms with Gasteiger partial charge in [-0.2, -0.15) is 0 Å². The summed E-state index contributed by atoms with van der Waals surface area (Å²) in [4.78, 5) is 0. The lowest BCUT2D eigenvalue weighted by molar-refractivity contribution is 0.117. The number of nitrogens with zero attached hydrogens (tertiary/aromatic N) is 1. The van der Waals surface area contributed by atoms with Gasteiger partial charge in [-0.15, -0.1) is 0 Å². The van der Waals surface area contributed by atoms with E-state index in [9.17, 15) is 0 Å². The molecule has 20 heavy (non-hydrogen) atoms.